The second kappa shape index (κ2) is 10.4. The molecule has 7 nitrogen and oxygen atoms in total. The first kappa shape index (κ1) is 20.6. The molecule has 7 heteroatoms. The van der Waals surface area contributed by atoms with E-state index >= 15 is 0 Å². The standard InChI is InChI=1S/C18H28N2O5/c1-6-19-17(21)12(5)20-18(22)13-10-14(23-7-2)16(25-9-4)15(11-13)24-8-3/h10-12H,6-9H2,1-5H3,(H,19,21)(H,20,22)/t12-/m1/s1. The number of nitrogens with one attached hydrogen (secondary N) is 2. The van der Waals surface area contributed by atoms with Gasteiger partial charge in [-0.3, -0.25) is 9.59 Å². The van der Waals surface area contributed by atoms with Crippen LogP contribution >= 0.6 is 0 Å². The zero-order valence-corrected chi connectivity index (χ0v) is 15.6. The molecule has 25 heavy (non-hydrogen) atoms. The molecule has 0 aliphatic heterocycles. The Morgan fingerprint density at radius 1 is 0.960 bits per heavy atom. The molecule has 0 saturated carbocycles. The van der Waals surface area contributed by atoms with Gasteiger partial charge in [0.05, 0.1) is 19.8 Å². The van der Waals surface area contributed by atoms with Crippen molar-refractivity contribution in [3.8, 4) is 17.2 Å². The number of likely N-dealkylation sites (N-methyl/N-ethyl adjacent to an activating group) is 1. The van der Waals surface area contributed by atoms with Crippen LogP contribution in [0.4, 0.5) is 0 Å². The molecular weight excluding hydrogens is 324 g/mol. The monoisotopic (exact) mass is 352 g/mol. The summed E-state index contributed by atoms with van der Waals surface area (Å²) in [6.45, 7) is 10.8. The van der Waals surface area contributed by atoms with E-state index in [0.717, 1.165) is 0 Å². The van der Waals surface area contributed by atoms with Gasteiger partial charge in [0.15, 0.2) is 11.5 Å². The maximum Gasteiger partial charge on any atom is 0.252 e. The van der Waals surface area contributed by atoms with Gasteiger partial charge in [0.1, 0.15) is 6.04 Å². The predicted octanol–water partition coefficient (Wildman–Crippen LogP) is 2.14. The molecule has 0 aliphatic rings. The van der Waals surface area contributed by atoms with Crippen molar-refractivity contribution in [3.05, 3.63) is 17.7 Å². The summed E-state index contributed by atoms with van der Waals surface area (Å²) >= 11 is 0. The summed E-state index contributed by atoms with van der Waals surface area (Å²) < 4.78 is 16.8. The Labute approximate surface area is 149 Å². The second-order valence-corrected chi connectivity index (χ2v) is 5.19. The van der Waals surface area contributed by atoms with Gasteiger partial charge in [0.25, 0.3) is 5.91 Å². The summed E-state index contributed by atoms with van der Waals surface area (Å²) in [5, 5.41) is 5.34. The molecule has 0 spiro atoms. The third-order valence-electron chi connectivity index (χ3n) is 3.26. The fraction of sp³-hybridized carbons (Fsp3) is 0.556. The Hall–Kier alpha value is -2.44. The summed E-state index contributed by atoms with van der Waals surface area (Å²) in [4.78, 5) is 24.3. The van der Waals surface area contributed by atoms with E-state index in [9.17, 15) is 9.59 Å². The van der Waals surface area contributed by atoms with Gasteiger partial charge >= 0.3 is 0 Å². The molecule has 1 rings (SSSR count). The van der Waals surface area contributed by atoms with Gasteiger partial charge in [0.2, 0.25) is 11.7 Å². The Morgan fingerprint density at radius 3 is 1.92 bits per heavy atom. The zero-order chi connectivity index (χ0) is 18.8. The summed E-state index contributed by atoms with van der Waals surface area (Å²) in [7, 11) is 0. The van der Waals surface area contributed by atoms with Crippen LogP contribution in [0.1, 0.15) is 45.0 Å². The molecule has 140 valence electrons. The predicted molar refractivity (Wildman–Crippen MR) is 95.6 cm³/mol. The molecule has 1 aromatic carbocycles. The van der Waals surface area contributed by atoms with Gasteiger partial charge in [-0.1, -0.05) is 0 Å². The molecule has 1 aromatic rings. The number of ether oxygens (including phenoxy) is 3. The van der Waals surface area contributed by atoms with Crippen LogP contribution in [0.15, 0.2) is 12.1 Å². The van der Waals surface area contributed by atoms with Crippen molar-refractivity contribution in [1.29, 1.82) is 0 Å². The molecule has 0 heterocycles. The van der Waals surface area contributed by atoms with Gasteiger partial charge in [-0.05, 0) is 46.8 Å². The summed E-state index contributed by atoms with van der Waals surface area (Å²) in [6, 6.07) is 2.54. The Balaban J connectivity index is 3.12. The maximum absolute atomic E-state index is 12.5. The van der Waals surface area contributed by atoms with Crippen LogP contribution in [0.25, 0.3) is 0 Å². The molecule has 0 saturated heterocycles. The summed E-state index contributed by atoms with van der Waals surface area (Å²) in [5.74, 6) is 0.720. The lowest BCUT2D eigenvalue weighted by molar-refractivity contribution is -0.122. The SMILES string of the molecule is CCNC(=O)[C@@H](C)NC(=O)c1cc(OCC)c(OCC)c(OCC)c1. The van der Waals surface area contributed by atoms with E-state index in [1.54, 1.807) is 19.1 Å². The third kappa shape index (κ3) is 5.85. The number of hydrogen-bond donors (Lipinski definition) is 2. The van der Waals surface area contributed by atoms with Crippen LogP contribution in [0.3, 0.4) is 0 Å². The average Bonchev–Trinajstić information content (AvgIpc) is 2.58. The quantitative estimate of drug-likeness (QED) is 0.674. The van der Waals surface area contributed by atoms with Crippen molar-refractivity contribution < 1.29 is 23.8 Å². The van der Waals surface area contributed by atoms with Crippen LogP contribution in [0, 0.1) is 0 Å². The van der Waals surface area contributed by atoms with Crippen molar-refractivity contribution in [2.45, 2.75) is 40.7 Å². The summed E-state index contributed by atoms with van der Waals surface area (Å²) in [6.07, 6.45) is 0. The molecule has 0 bridgehead atoms. The molecule has 0 aromatic heterocycles. The second-order valence-electron chi connectivity index (χ2n) is 5.19. The highest BCUT2D eigenvalue weighted by Gasteiger charge is 2.21. The fourth-order valence-corrected chi connectivity index (χ4v) is 2.19. The minimum absolute atomic E-state index is 0.239. The topological polar surface area (TPSA) is 85.9 Å². The molecule has 0 fully saturated rings. The third-order valence-corrected chi connectivity index (χ3v) is 3.26. The minimum Gasteiger partial charge on any atom is -0.490 e. The smallest absolute Gasteiger partial charge is 0.252 e. The van der Waals surface area contributed by atoms with E-state index < -0.39 is 6.04 Å². The Bertz CT molecular complexity index is 562. The van der Waals surface area contributed by atoms with E-state index in [1.807, 2.05) is 27.7 Å². The lowest BCUT2D eigenvalue weighted by atomic mass is 10.1. The number of carbonyl (C=O) groups excluding carboxylic acids is 2. The highest BCUT2D eigenvalue weighted by molar-refractivity contribution is 5.98. The van der Waals surface area contributed by atoms with Crippen molar-refractivity contribution >= 4 is 11.8 Å². The lowest BCUT2D eigenvalue weighted by Gasteiger charge is -2.18. The molecule has 2 N–H and O–H groups in total. The zero-order valence-electron chi connectivity index (χ0n) is 15.6. The van der Waals surface area contributed by atoms with Crippen molar-refractivity contribution in [1.82, 2.24) is 10.6 Å². The molecule has 1 atom stereocenters. The van der Waals surface area contributed by atoms with Crippen molar-refractivity contribution in [2.75, 3.05) is 26.4 Å². The van der Waals surface area contributed by atoms with E-state index in [-0.39, 0.29) is 11.8 Å². The number of rotatable bonds is 10. The first-order valence-electron chi connectivity index (χ1n) is 8.63. The number of carbonyl (C=O) groups is 2. The highest BCUT2D eigenvalue weighted by atomic mass is 16.5. The summed E-state index contributed by atoms with van der Waals surface area (Å²) in [5.41, 5.74) is 0.339. The van der Waals surface area contributed by atoms with Gasteiger partial charge in [-0.15, -0.1) is 0 Å². The lowest BCUT2D eigenvalue weighted by Crippen LogP contribution is -2.44. The van der Waals surface area contributed by atoms with Gasteiger partial charge in [-0.2, -0.15) is 0 Å². The Morgan fingerprint density at radius 2 is 1.48 bits per heavy atom. The van der Waals surface area contributed by atoms with Crippen LogP contribution in [-0.2, 0) is 4.79 Å². The van der Waals surface area contributed by atoms with E-state index in [2.05, 4.69) is 10.6 Å². The van der Waals surface area contributed by atoms with Crippen LogP contribution < -0.4 is 24.8 Å². The van der Waals surface area contributed by atoms with Gasteiger partial charge in [-0.25, -0.2) is 0 Å². The first-order valence-corrected chi connectivity index (χ1v) is 8.63. The average molecular weight is 352 g/mol. The molecule has 0 aliphatic carbocycles. The largest absolute Gasteiger partial charge is 0.490 e. The van der Waals surface area contributed by atoms with Crippen LogP contribution in [0.2, 0.25) is 0 Å². The van der Waals surface area contributed by atoms with E-state index in [4.69, 9.17) is 14.2 Å². The first-order chi connectivity index (χ1) is 12.0. The van der Waals surface area contributed by atoms with Crippen molar-refractivity contribution in [3.63, 3.8) is 0 Å². The number of hydrogen-bond acceptors (Lipinski definition) is 5. The molecular formula is C18H28N2O5. The van der Waals surface area contributed by atoms with E-state index in [1.165, 1.54) is 0 Å². The highest BCUT2D eigenvalue weighted by Crippen LogP contribution is 2.39. The number of amides is 2. The fourth-order valence-electron chi connectivity index (χ4n) is 2.19. The normalized spacial score (nSPS) is 11.4. The molecule has 0 unspecified atom stereocenters. The van der Waals surface area contributed by atoms with Gasteiger partial charge < -0.3 is 24.8 Å². The van der Waals surface area contributed by atoms with Gasteiger partial charge in [0, 0.05) is 12.1 Å². The van der Waals surface area contributed by atoms with Crippen LogP contribution in [0.5, 0.6) is 17.2 Å². The maximum atomic E-state index is 12.5. The minimum atomic E-state index is -0.648. The van der Waals surface area contributed by atoms with Crippen molar-refractivity contribution in [2.24, 2.45) is 0 Å². The molecule has 0 radical (unpaired) electrons. The van der Waals surface area contributed by atoms with Crippen LogP contribution in [-0.4, -0.2) is 44.2 Å². The number of benzene rings is 1. The molecule has 2 amide bonds. The Kier molecular flexibility index (Phi) is 8.60. The van der Waals surface area contributed by atoms with E-state index in [0.29, 0.717) is 49.2 Å².